The number of nitro groups is 1. The second-order valence-electron chi connectivity index (χ2n) is 6.27. The van der Waals surface area contributed by atoms with E-state index in [1.807, 2.05) is 12.1 Å². The van der Waals surface area contributed by atoms with E-state index in [2.05, 4.69) is 4.98 Å². The van der Waals surface area contributed by atoms with Crippen molar-refractivity contribution in [3.8, 4) is 23.3 Å². The Balaban J connectivity index is 2.80. The van der Waals surface area contributed by atoms with E-state index in [4.69, 9.17) is 20.0 Å². The number of hydrogen-bond acceptors (Lipinski definition) is 9. The van der Waals surface area contributed by atoms with Crippen molar-refractivity contribution >= 4 is 17.6 Å². The average Bonchev–Trinajstić information content (AvgIpc) is 2.73. The number of para-hydroxylation sites is 1. The Kier molecular flexibility index (Phi) is 7.75. The van der Waals surface area contributed by atoms with Crippen LogP contribution in [-0.4, -0.2) is 35.1 Å². The van der Waals surface area contributed by atoms with Crippen molar-refractivity contribution in [1.82, 2.24) is 4.98 Å². The zero-order chi connectivity index (χ0) is 23.0. The van der Waals surface area contributed by atoms with Crippen molar-refractivity contribution in [2.75, 3.05) is 13.2 Å². The summed E-state index contributed by atoms with van der Waals surface area (Å²) in [7, 11) is 0. The van der Waals surface area contributed by atoms with Crippen LogP contribution in [0.25, 0.3) is 11.1 Å². The van der Waals surface area contributed by atoms with Gasteiger partial charge in [0.05, 0.1) is 58.0 Å². The Hall–Kier alpha value is -4.31. The van der Waals surface area contributed by atoms with Crippen LogP contribution in [0, 0.1) is 46.6 Å². The van der Waals surface area contributed by atoms with Gasteiger partial charge in [-0.2, -0.15) is 10.5 Å². The summed E-state index contributed by atoms with van der Waals surface area (Å²) in [6, 6.07) is 9.33. The van der Waals surface area contributed by atoms with E-state index >= 15 is 0 Å². The minimum Gasteiger partial charge on any atom is -0.461 e. The highest BCUT2D eigenvalue weighted by atomic mass is 16.6. The number of nitrogens with zero attached hydrogens (tertiary/aromatic N) is 4. The molecule has 0 saturated carbocycles. The molecule has 0 N–H and O–H groups in total. The van der Waals surface area contributed by atoms with Crippen LogP contribution in [0.15, 0.2) is 24.3 Å². The third-order valence-electron chi connectivity index (χ3n) is 4.23. The summed E-state index contributed by atoms with van der Waals surface area (Å²) in [5.74, 6) is -1.75. The predicted molar refractivity (Wildman–Crippen MR) is 107 cm³/mol. The van der Waals surface area contributed by atoms with Gasteiger partial charge in [0.2, 0.25) is 0 Å². The van der Waals surface area contributed by atoms with Gasteiger partial charge in [-0.25, -0.2) is 9.59 Å². The van der Waals surface area contributed by atoms with Gasteiger partial charge in [0.25, 0.3) is 5.69 Å². The second kappa shape index (κ2) is 10.5. The second-order valence-corrected chi connectivity index (χ2v) is 6.27. The highest BCUT2D eigenvalue weighted by Crippen LogP contribution is 2.37. The van der Waals surface area contributed by atoms with Crippen LogP contribution in [0.4, 0.5) is 5.69 Å². The molecule has 0 fully saturated rings. The fourth-order valence-corrected chi connectivity index (χ4v) is 2.99. The molecule has 2 rings (SSSR count). The number of ether oxygens (including phenoxy) is 2. The lowest BCUT2D eigenvalue weighted by Crippen LogP contribution is -2.18. The molecule has 0 saturated heterocycles. The Morgan fingerprint density at radius 3 is 1.94 bits per heavy atom. The Morgan fingerprint density at radius 1 is 1.00 bits per heavy atom. The first-order valence-electron chi connectivity index (χ1n) is 9.16. The topological polar surface area (TPSA) is 156 Å². The SMILES string of the molecule is Cc1nc(C)c(C(=O)OCCC#N)c(-c2ccccc2[N+](=O)[O-])c1C(=O)OCCC#N. The molecule has 0 bridgehead atoms. The number of carbonyl (C=O) groups excluding carboxylic acids is 2. The maximum atomic E-state index is 12.8. The van der Waals surface area contributed by atoms with E-state index in [0.717, 1.165) is 0 Å². The normalized spacial score (nSPS) is 9.94. The third kappa shape index (κ3) is 5.19. The number of nitriles is 2. The van der Waals surface area contributed by atoms with Gasteiger partial charge in [-0.15, -0.1) is 0 Å². The number of aromatic nitrogens is 1. The Morgan fingerprint density at radius 2 is 1.48 bits per heavy atom. The standard InChI is InChI=1S/C21H18N4O6/c1-13-17(20(26)30-11-5-9-22)19(15-7-3-4-8-16(15)25(28)29)18(14(2)24-13)21(27)31-12-6-10-23/h3-4,7-8H,5-6,11-12H2,1-2H3. The number of pyridine rings is 1. The molecule has 0 spiro atoms. The molecule has 0 radical (unpaired) electrons. The summed E-state index contributed by atoms with van der Waals surface area (Å²) >= 11 is 0. The lowest BCUT2D eigenvalue weighted by atomic mass is 9.91. The van der Waals surface area contributed by atoms with Crippen LogP contribution in [-0.2, 0) is 9.47 Å². The molecule has 0 aliphatic heterocycles. The summed E-state index contributed by atoms with van der Waals surface area (Å²) in [5, 5.41) is 29.0. The van der Waals surface area contributed by atoms with Crippen molar-refractivity contribution < 1.29 is 24.0 Å². The molecule has 10 nitrogen and oxygen atoms in total. The van der Waals surface area contributed by atoms with E-state index in [9.17, 15) is 19.7 Å². The molecular weight excluding hydrogens is 404 g/mol. The quantitative estimate of drug-likeness (QED) is 0.269. The van der Waals surface area contributed by atoms with E-state index in [-0.39, 0.29) is 65.4 Å². The van der Waals surface area contributed by atoms with Crippen LogP contribution in [0.3, 0.4) is 0 Å². The first-order valence-corrected chi connectivity index (χ1v) is 9.16. The minimum absolute atomic E-state index is 0.0144. The van der Waals surface area contributed by atoms with Gasteiger partial charge in [0.1, 0.15) is 13.2 Å². The van der Waals surface area contributed by atoms with Crippen LogP contribution in [0.1, 0.15) is 44.9 Å². The highest BCUT2D eigenvalue weighted by Gasteiger charge is 2.31. The first-order chi connectivity index (χ1) is 14.8. The molecule has 1 heterocycles. The number of esters is 2. The van der Waals surface area contributed by atoms with Crippen LogP contribution in [0.5, 0.6) is 0 Å². The molecule has 2 aromatic rings. The van der Waals surface area contributed by atoms with Crippen molar-refractivity contribution in [3.63, 3.8) is 0 Å². The minimum atomic E-state index is -0.875. The monoisotopic (exact) mass is 422 g/mol. The average molecular weight is 422 g/mol. The summed E-state index contributed by atoms with van der Waals surface area (Å²) < 4.78 is 10.2. The first kappa shape index (κ1) is 23.0. The van der Waals surface area contributed by atoms with Gasteiger partial charge < -0.3 is 9.47 Å². The van der Waals surface area contributed by atoms with Gasteiger partial charge >= 0.3 is 11.9 Å². The van der Waals surface area contributed by atoms with Gasteiger partial charge in [0.15, 0.2) is 0 Å². The number of rotatable bonds is 8. The molecule has 1 aromatic carbocycles. The maximum absolute atomic E-state index is 12.8. The van der Waals surface area contributed by atoms with Crippen molar-refractivity contribution in [1.29, 1.82) is 10.5 Å². The van der Waals surface area contributed by atoms with Gasteiger partial charge in [-0.3, -0.25) is 15.1 Å². The number of benzene rings is 1. The Bertz CT molecular complexity index is 1060. The number of aryl methyl sites for hydroxylation is 2. The number of hydrogen-bond donors (Lipinski definition) is 0. The molecule has 31 heavy (non-hydrogen) atoms. The fourth-order valence-electron chi connectivity index (χ4n) is 2.99. The summed E-state index contributed by atoms with van der Waals surface area (Å²) in [6.45, 7) is 2.63. The van der Waals surface area contributed by atoms with E-state index in [1.54, 1.807) is 0 Å². The maximum Gasteiger partial charge on any atom is 0.340 e. The molecular formula is C21H18N4O6. The fraction of sp³-hybridized carbons (Fsp3) is 0.286. The van der Waals surface area contributed by atoms with E-state index < -0.39 is 16.9 Å². The summed E-state index contributed by atoms with van der Waals surface area (Å²) in [5.41, 5.74) is -0.232. The van der Waals surface area contributed by atoms with Crippen molar-refractivity contribution in [2.45, 2.75) is 26.7 Å². The van der Waals surface area contributed by atoms with Gasteiger partial charge in [-0.1, -0.05) is 12.1 Å². The molecule has 10 heteroatoms. The smallest absolute Gasteiger partial charge is 0.340 e. The number of nitro benzene ring substituents is 1. The van der Waals surface area contributed by atoms with E-state index in [1.165, 1.54) is 38.1 Å². The molecule has 0 amide bonds. The zero-order valence-electron chi connectivity index (χ0n) is 16.9. The Labute approximate surface area is 177 Å². The zero-order valence-corrected chi connectivity index (χ0v) is 16.9. The summed E-state index contributed by atoms with van der Waals surface area (Å²) in [6.07, 6.45) is -0.0953. The highest BCUT2D eigenvalue weighted by molar-refractivity contribution is 6.08. The van der Waals surface area contributed by atoms with Gasteiger partial charge in [0, 0.05) is 11.6 Å². The molecule has 0 atom stereocenters. The van der Waals surface area contributed by atoms with Gasteiger partial charge in [-0.05, 0) is 19.9 Å². The summed E-state index contributed by atoms with van der Waals surface area (Å²) in [4.78, 5) is 40.9. The van der Waals surface area contributed by atoms with Crippen molar-refractivity contribution in [2.24, 2.45) is 0 Å². The lowest BCUT2D eigenvalue weighted by molar-refractivity contribution is -0.384. The third-order valence-corrected chi connectivity index (χ3v) is 4.23. The molecule has 1 aromatic heterocycles. The lowest BCUT2D eigenvalue weighted by Gasteiger charge is -2.18. The van der Waals surface area contributed by atoms with Crippen LogP contribution >= 0.6 is 0 Å². The van der Waals surface area contributed by atoms with Crippen molar-refractivity contribution in [3.05, 3.63) is 56.9 Å². The number of carbonyl (C=O) groups is 2. The predicted octanol–water partition coefficient (Wildman–Crippen LogP) is 3.41. The van der Waals surface area contributed by atoms with E-state index in [0.29, 0.717) is 0 Å². The molecule has 0 aliphatic rings. The molecule has 158 valence electrons. The molecule has 0 aliphatic carbocycles. The largest absolute Gasteiger partial charge is 0.461 e. The van der Waals surface area contributed by atoms with Crippen LogP contribution < -0.4 is 0 Å². The van der Waals surface area contributed by atoms with Crippen LogP contribution in [0.2, 0.25) is 0 Å². The molecule has 0 unspecified atom stereocenters.